The van der Waals surface area contributed by atoms with Gasteiger partial charge in [0.05, 0.1) is 33.5 Å². The quantitative estimate of drug-likeness (QED) is 0.148. The van der Waals surface area contributed by atoms with Crippen LogP contribution in [0.25, 0.3) is 94.3 Å². The van der Waals surface area contributed by atoms with Crippen molar-refractivity contribution in [1.82, 2.24) is 4.57 Å². The maximum Gasteiger partial charge on any atom is 0.252 e. The Morgan fingerprint density at radius 2 is 0.667 bits per heavy atom. The summed E-state index contributed by atoms with van der Waals surface area (Å²) in [5.41, 5.74) is 49.6. The lowest BCUT2D eigenvalue weighted by Gasteiger charge is -2.48. The van der Waals surface area contributed by atoms with Crippen LogP contribution in [-0.4, -0.2) is 18.0 Å². The zero-order valence-corrected chi connectivity index (χ0v) is 79.3. The molecule has 0 saturated heterocycles. The molecule has 0 radical (unpaired) electrons. The molecule has 648 valence electrons. The Labute approximate surface area is 794 Å². The number of rotatable bonds is 7. The predicted octanol–water partition coefficient (Wildman–Crippen LogP) is 29.8. The first kappa shape index (κ1) is 80.9. The lowest BCUT2D eigenvalue weighted by Crippen LogP contribution is -2.65. The van der Waals surface area contributed by atoms with Gasteiger partial charge >= 0.3 is 0 Å². The van der Waals surface area contributed by atoms with Crippen molar-refractivity contribution in [2.24, 2.45) is 0 Å². The number of hydrogen-bond acceptors (Lipinski definition) is 4. The molecule has 5 aliphatic heterocycles. The fourth-order valence-corrected chi connectivity index (χ4v) is 24.9. The molecular weight excluding hydrogens is 1630 g/mol. The van der Waals surface area contributed by atoms with Crippen molar-refractivity contribution in [2.45, 2.75) is 129 Å². The molecule has 18 aromatic carbocycles. The lowest BCUT2D eigenvalue weighted by molar-refractivity contribution is 0.546. The van der Waals surface area contributed by atoms with E-state index in [1.165, 1.54) is 149 Å². The average molecular weight is 1730 g/mol. The van der Waals surface area contributed by atoms with Crippen LogP contribution in [0.2, 0.25) is 0 Å². The van der Waals surface area contributed by atoms with Gasteiger partial charge in [-0.15, -0.1) is 0 Å². The highest BCUT2D eigenvalue weighted by Gasteiger charge is 2.55. The van der Waals surface area contributed by atoms with E-state index in [4.69, 9.17) is 0 Å². The second-order valence-corrected chi connectivity index (χ2v) is 43.5. The van der Waals surface area contributed by atoms with Gasteiger partial charge in [0, 0.05) is 89.8 Å². The highest BCUT2D eigenvalue weighted by molar-refractivity contribution is 7.03. The summed E-state index contributed by atoms with van der Waals surface area (Å²) in [6.45, 7) is 33.3. The van der Waals surface area contributed by atoms with Crippen LogP contribution in [0.15, 0.2) is 382 Å². The maximum atomic E-state index is 2.81. The van der Waals surface area contributed by atoms with Crippen LogP contribution < -0.4 is 52.4 Å². The van der Waals surface area contributed by atoms with E-state index < -0.39 is 10.8 Å². The summed E-state index contributed by atoms with van der Waals surface area (Å²) in [6.07, 6.45) is 0. The van der Waals surface area contributed by atoms with E-state index in [1.54, 1.807) is 0 Å². The number of para-hydroxylation sites is 4. The van der Waals surface area contributed by atoms with Gasteiger partial charge < -0.3 is 24.2 Å². The number of nitrogens with zero attached hydrogens (tertiary/aromatic N) is 5. The Balaban J connectivity index is 0.854. The number of fused-ring (bicyclic) bond motifs is 27. The monoisotopic (exact) mass is 1730 g/mol. The van der Waals surface area contributed by atoms with Gasteiger partial charge in [0.1, 0.15) is 0 Å². The Bertz CT molecular complexity index is 8110. The molecule has 0 saturated carbocycles. The summed E-state index contributed by atoms with van der Waals surface area (Å²) < 4.78 is 2.59. The molecule has 2 aliphatic carbocycles. The number of anilines is 12. The van der Waals surface area contributed by atoms with E-state index in [1.807, 2.05) is 0 Å². The van der Waals surface area contributed by atoms with E-state index in [-0.39, 0.29) is 35.1 Å². The molecule has 7 aliphatic rings. The molecule has 5 nitrogen and oxygen atoms in total. The van der Waals surface area contributed by atoms with Gasteiger partial charge in [0.15, 0.2) is 0 Å². The van der Waals surface area contributed by atoms with E-state index in [9.17, 15) is 0 Å². The molecule has 0 amide bonds. The molecule has 26 rings (SSSR count). The average Bonchev–Trinajstić information content (AvgIpc) is 1.63. The van der Waals surface area contributed by atoms with Crippen molar-refractivity contribution in [3.8, 4) is 72.4 Å². The molecule has 0 fully saturated rings. The van der Waals surface area contributed by atoms with Crippen LogP contribution in [0.1, 0.15) is 153 Å². The van der Waals surface area contributed by atoms with Crippen LogP contribution in [0.5, 0.6) is 0 Å². The summed E-state index contributed by atoms with van der Waals surface area (Å²) in [7, 11) is 0. The molecule has 1 spiro atoms. The van der Waals surface area contributed by atoms with Gasteiger partial charge in [0.25, 0.3) is 13.4 Å². The summed E-state index contributed by atoms with van der Waals surface area (Å²) in [5.74, 6) is 0. The third-order valence-corrected chi connectivity index (χ3v) is 31.3. The highest BCUT2D eigenvalue weighted by atomic mass is 15.2. The summed E-state index contributed by atoms with van der Waals surface area (Å²) in [4.78, 5) is 11.0. The Hall–Kier alpha value is -14.9. The lowest BCUT2D eigenvalue weighted by atomic mass is 9.30. The van der Waals surface area contributed by atoms with Gasteiger partial charge in [-0.1, -0.05) is 376 Å². The van der Waals surface area contributed by atoms with Gasteiger partial charge in [-0.05, 0) is 263 Å². The van der Waals surface area contributed by atoms with Crippen molar-refractivity contribution >= 4 is 136 Å². The third kappa shape index (κ3) is 11.7. The molecule has 19 aromatic rings. The van der Waals surface area contributed by atoms with Crippen LogP contribution in [-0.2, 0) is 32.5 Å². The Morgan fingerprint density at radius 1 is 0.237 bits per heavy atom. The first-order valence-electron chi connectivity index (χ1n) is 48.4. The second-order valence-electron chi connectivity index (χ2n) is 43.5. The molecule has 0 unspecified atom stereocenters. The van der Waals surface area contributed by atoms with Gasteiger partial charge in [0.2, 0.25) is 0 Å². The zero-order chi connectivity index (χ0) is 91.6. The fourth-order valence-electron chi connectivity index (χ4n) is 24.9. The Kier molecular flexibility index (Phi) is 17.3. The number of aromatic nitrogens is 1. The Morgan fingerprint density at radius 3 is 1.21 bits per heavy atom. The molecular formula is C128H105B2N5. The van der Waals surface area contributed by atoms with Crippen molar-refractivity contribution in [2.75, 3.05) is 19.6 Å². The largest absolute Gasteiger partial charge is 0.311 e. The van der Waals surface area contributed by atoms with Gasteiger partial charge in [-0.2, -0.15) is 0 Å². The molecule has 7 heteroatoms. The van der Waals surface area contributed by atoms with Crippen molar-refractivity contribution in [3.63, 3.8) is 0 Å². The summed E-state index contributed by atoms with van der Waals surface area (Å²) in [5, 5.41) is 2.42. The third-order valence-electron chi connectivity index (χ3n) is 31.3. The van der Waals surface area contributed by atoms with E-state index in [0.29, 0.717) is 0 Å². The molecule has 1 aromatic heterocycles. The van der Waals surface area contributed by atoms with Crippen LogP contribution in [0.3, 0.4) is 0 Å². The summed E-state index contributed by atoms with van der Waals surface area (Å²) in [6, 6.07) is 150. The first-order valence-corrected chi connectivity index (χ1v) is 48.4. The number of hydrogen-bond donors (Lipinski definition) is 0. The minimum atomic E-state index is -0.652. The standard InChI is InChI=1S/C128H105B2N5/c1-123(2,3)82-46-38-47-86(67-82)131-110-62-36-32-58-104(110)129-106-76-107-114-77-113(106)133(116-65-81(64-115(131)120(116)129)89-53-39-54-95-92-50-26-31-57-101(92)128(119(89)95)99-55-29-24-48-90(99)91-49-25-30-56-100(91)128)87-68-83(124(4,5)6)66-85(69-87)127(13,14)103-75-112(96(74-102(103)126(10,11)12)78-40-18-15-19-41-78)134(114)117-72-88(132-108-60-34-27-51-93(108)94-52-28-35-61-109(94)132)73-118-121(117)130(107)105-59-33-37-63-111(105)135(118)122-97(79-42-20-16-21-43-79)70-84(125(7,8)9)71-98(122)80-44-22-17-23-45-80/h15-77H,1-14H3. The van der Waals surface area contributed by atoms with Gasteiger partial charge in [-0.25, -0.2) is 0 Å². The molecule has 0 atom stereocenters. The van der Waals surface area contributed by atoms with E-state index in [2.05, 4.69) is 503 Å². The van der Waals surface area contributed by atoms with Crippen molar-refractivity contribution in [3.05, 3.63) is 438 Å². The predicted molar refractivity (Wildman–Crippen MR) is 574 cm³/mol. The second kappa shape index (κ2) is 28.8. The van der Waals surface area contributed by atoms with Crippen LogP contribution in [0.4, 0.5) is 68.2 Å². The van der Waals surface area contributed by atoms with Crippen LogP contribution in [0, 0.1) is 0 Å². The highest BCUT2D eigenvalue weighted by Crippen LogP contribution is 2.66. The van der Waals surface area contributed by atoms with Crippen molar-refractivity contribution in [1.29, 1.82) is 0 Å². The zero-order valence-electron chi connectivity index (χ0n) is 79.3. The van der Waals surface area contributed by atoms with Crippen molar-refractivity contribution < 1.29 is 0 Å². The number of benzene rings is 18. The minimum absolute atomic E-state index is 0.160. The molecule has 6 heterocycles. The minimum Gasteiger partial charge on any atom is -0.311 e. The molecule has 135 heavy (non-hydrogen) atoms. The molecule has 6 bridgehead atoms. The SMILES string of the molecule is CC(C)(C)c1cccc(N2c3ccccc3B3c4cc5c6cc4N(c4cc(C(C)(C)C)cc(c4)C(C)(C)c4cc(c(-c7ccccc7)cc4C(C)(C)C)N6c4cc(-n6c7ccccc7c7ccccc76)cc6c4B5c4ccccc4N6c4c(-c5ccccc5)cc(C(C)(C)C)cc4-c4ccccc4)c4cc(-c5cccc6c5C5(c7ccccc7-c7ccccc75)c5ccccc5-6)cc2c43)c1. The van der Waals surface area contributed by atoms with E-state index in [0.717, 1.165) is 102 Å². The van der Waals surface area contributed by atoms with Crippen LogP contribution >= 0.6 is 0 Å². The summed E-state index contributed by atoms with van der Waals surface area (Å²) >= 11 is 0. The topological polar surface area (TPSA) is 17.9 Å². The fraction of sp³-hybridized carbons (Fsp3) is 0.156. The van der Waals surface area contributed by atoms with Gasteiger partial charge in [-0.3, -0.25) is 0 Å². The smallest absolute Gasteiger partial charge is 0.252 e. The van der Waals surface area contributed by atoms with E-state index >= 15 is 0 Å². The molecule has 0 N–H and O–H groups in total. The maximum absolute atomic E-state index is 2.81. The normalized spacial score (nSPS) is 14.6. The first-order chi connectivity index (χ1) is 65.3.